The Morgan fingerprint density at radius 1 is 1.41 bits per heavy atom. The van der Waals surface area contributed by atoms with E-state index in [0.717, 1.165) is 12.8 Å². The maximum Gasteiger partial charge on any atom is 0.417 e. The molecule has 2 saturated carbocycles. The van der Waals surface area contributed by atoms with Gasteiger partial charge in [0.1, 0.15) is 6.10 Å². The first-order valence-corrected chi connectivity index (χ1v) is 6.24. The number of carbonyl (C=O) groups excluding carboxylic acids is 1. The molecule has 5 heteroatoms. The van der Waals surface area contributed by atoms with Crippen LogP contribution in [-0.2, 0) is 9.53 Å². The number of esters is 1. The van der Waals surface area contributed by atoms with Gasteiger partial charge in [-0.1, -0.05) is 20.8 Å². The van der Waals surface area contributed by atoms with Crippen LogP contribution in [0.2, 0.25) is 0 Å². The molecule has 0 aromatic rings. The Bertz CT molecular complexity index is 351. The van der Waals surface area contributed by atoms with Crippen molar-refractivity contribution < 1.29 is 18.3 Å². The average molecular weight is 267 g/mol. The molecular weight excluding hydrogens is 250 g/mol. The Morgan fingerprint density at radius 3 is 2.35 bits per heavy atom. The third-order valence-electron chi connectivity index (χ3n) is 5.19. The summed E-state index contributed by atoms with van der Waals surface area (Å²) >= 11 is 4.67. The fraction of sp³-hybridized carbons (Fsp3) is 0.917. The first-order valence-electron chi connectivity index (χ1n) is 5.87. The van der Waals surface area contributed by atoms with Gasteiger partial charge in [-0.2, -0.15) is 8.78 Å². The van der Waals surface area contributed by atoms with Gasteiger partial charge in [0.25, 0.3) is 0 Å². The summed E-state index contributed by atoms with van der Waals surface area (Å²) in [5, 5.41) is -3.91. The minimum absolute atomic E-state index is 0.0273. The highest BCUT2D eigenvalue weighted by molar-refractivity contribution is 6.31. The zero-order valence-corrected chi connectivity index (χ0v) is 11.0. The zero-order chi connectivity index (χ0) is 13.1. The van der Waals surface area contributed by atoms with Gasteiger partial charge in [-0.25, -0.2) is 4.79 Å². The molecule has 0 aromatic carbocycles. The van der Waals surface area contributed by atoms with Crippen LogP contribution >= 0.6 is 11.6 Å². The first-order chi connectivity index (χ1) is 7.59. The van der Waals surface area contributed by atoms with Gasteiger partial charge in [0, 0.05) is 5.41 Å². The minimum Gasteiger partial charge on any atom is -0.456 e. The van der Waals surface area contributed by atoms with Crippen molar-refractivity contribution in [1.82, 2.24) is 0 Å². The first kappa shape index (κ1) is 13.1. The molecule has 0 aliphatic heterocycles. The molecule has 0 radical (unpaired) electrons. The van der Waals surface area contributed by atoms with E-state index in [-0.39, 0.29) is 10.8 Å². The highest BCUT2D eigenvalue weighted by Gasteiger charge is 2.63. The fourth-order valence-electron chi connectivity index (χ4n) is 3.50. The summed E-state index contributed by atoms with van der Waals surface area (Å²) in [5.41, 5.74) is -0.186. The smallest absolute Gasteiger partial charge is 0.417 e. The van der Waals surface area contributed by atoms with Crippen LogP contribution in [0.25, 0.3) is 0 Å². The monoisotopic (exact) mass is 266 g/mol. The van der Waals surface area contributed by atoms with Gasteiger partial charge in [0.2, 0.25) is 0 Å². The Balaban J connectivity index is 2.14. The molecule has 0 aromatic heterocycles. The molecule has 0 heterocycles. The topological polar surface area (TPSA) is 26.3 Å². The fourth-order valence-corrected chi connectivity index (χ4v) is 3.55. The van der Waals surface area contributed by atoms with Crippen LogP contribution in [0.1, 0.15) is 40.0 Å². The van der Waals surface area contributed by atoms with Crippen LogP contribution in [0.3, 0.4) is 0 Å². The van der Waals surface area contributed by atoms with Crippen LogP contribution in [0.5, 0.6) is 0 Å². The highest BCUT2D eigenvalue weighted by Crippen LogP contribution is 2.66. The molecule has 2 fully saturated rings. The largest absolute Gasteiger partial charge is 0.456 e. The van der Waals surface area contributed by atoms with Crippen molar-refractivity contribution in [2.24, 2.45) is 16.7 Å². The Kier molecular flexibility index (Phi) is 2.74. The van der Waals surface area contributed by atoms with E-state index in [1.165, 1.54) is 0 Å². The Morgan fingerprint density at radius 2 is 2.00 bits per heavy atom. The van der Waals surface area contributed by atoms with Crippen molar-refractivity contribution in [2.45, 2.75) is 51.5 Å². The van der Waals surface area contributed by atoms with Crippen LogP contribution in [-0.4, -0.2) is 17.5 Å². The molecule has 0 spiro atoms. The van der Waals surface area contributed by atoms with Gasteiger partial charge in [0.05, 0.1) is 0 Å². The van der Waals surface area contributed by atoms with E-state index in [2.05, 4.69) is 25.4 Å². The molecule has 0 N–H and O–H groups in total. The Hall–Kier alpha value is -0.380. The molecule has 0 amide bonds. The SMILES string of the molecule is CC1(C)C2CCC1(C)C(OC(=O)C(F)(F)Cl)C2. The number of hydrogen-bond acceptors (Lipinski definition) is 2. The lowest BCUT2D eigenvalue weighted by molar-refractivity contribution is -0.174. The predicted molar refractivity (Wildman–Crippen MR) is 59.9 cm³/mol. The van der Waals surface area contributed by atoms with E-state index in [0.29, 0.717) is 12.3 Å². The summed E-state index contributed by atoms with van der Waals surface area (Å²) in [6, 6.07) is 0. The molecule has 3 atom stereocenters. The molecule has 2 bridgehead atoms. The van der Waals surface area contributed by atoms with E-state index in [1.54, 1.807) is 0 Å². The van der Waals surface area contributed by atoms with Gasteiger partial charge in [-0.3, -0.25) is 0 Å². The van der Waals surface area contributed by atoms with Crippen molar-refractivity contribution >= 4 is 17.6 Å². The number of halogens is 3. The van der Waals surface area contributed by atoms with E-state index < -0.39 is 17.5 Å². The molecular formula is C12H17ClF2O2. The molecule has 98 valence electrons. The van der Waals surface area contributed by atoms with E-state index in [9.17, 15) is 13.6 Å². The van der Waals surface area contributed by atoms with Gasteiger partial charge >= 0.3 is 11.4 Å². The number of hydrogen-bond donors (Lipinski definition) is 0. The quantitative estimate of drug-likeness (QED) is 0.564. The van der Waals surface area contributed by atoms with Crippen molar-refractivity contribution in [3.63, 3.8) is 0 Å². The average Bonchev–Trinajstić information content (AvgIpc) is 2.49. The van der Waals surface area contributed by atoms with E-state index in [1.807, 2.05) is 6.92 Å². The number of rotatable bonds is 2. The number of carbonyl (C=O) groups is 1. The van der Waals surface area contributed by atoms with Gasteiger partial charge in [0.15, 0.2) is 0 Å². The molecule has 2 rings (SSSR count). The normalized spacial score (nSPS) is 39.4. The summed E-state index contributed by atoms with van der Waals surface area (Å²) in [6.45, 7) is 6.26. The molecule has 0 saturated heterocycles. The lowest BCUT2D eigenvalue weighted by Crippen LogP contribution is -2.40. The second kappa shape index (κ2) is 3.56. The van der Waals surface area contributed by atoms with Gasteiger partial charge < -0.3 is 4.74 Å². The van der Waals surface area contributed by atoms with Crippen molar-refractivity contribution in [3.8, 4) is 0 Å². The van der Waals surface area contributed by atoms with Crippen molar-refractivity contribution in [3.05, 3.63) is 0 Å². The highest BCUT2D eigenvalue weighted by atomic mass is 35.5. The second-order valence-corrected chi connectivity index (χ2v) is 6.48. The van der Waals surface area contributed by atoms with Gasteiger partial charge in [-0.05, 0) is 42.2 Å². The van der Waals surface area contributed by atoms with E-state index in [4.69, 9.17) is 4.74 Å². The lowest BCUT2D eigenvalue weighted by Gasteiger charge is -2.38. The van der Waals surface area contributed by atoms with Gasteiger partial charge in [-0.15, -0.1) is 0 Å². The molecule has 2 nitrogen and oxygen atoms in total. The summed E-state index contributed by atoms with van der Waals surface area (Å²) < 4.78 is 30.2. The van der Waals surface area contributed by atoms with Crippen LogP contribution in [0.15, 0.2) is 0 Å². The van der Waals surface area contributed by atoms with E-state index >= 15 is 0 Å². The molecule has 17 heavy (non-hydrogen) atoms. The van der Waals surface area contributed by atoms with Crippen molar-refractivity contribution in [1.29, 1.82) is 0 Å². The lowest BCUT2D eigenvalue weighted by atomic mass is 9.70. The molecule has 2 aliphatic rings. The third-order valence-corrected chi connectivity index (χ3v) is 5.35. The minimum atomic E-state index is -3.91. The molecule has 2 aliphatic carbocycles. The zero-order valence-electron chi connectivity index (χ0n) is 10.2. The predicted octanol–water partition coefficient (Wildman–Crippen LogP) is 3.58. The number of fused-ring (bicyclic) bond motifs is 2. The summed E-state index contributed by atoms with van der Waals surface area (Å²) in [6.07, 6.45) is 2.22. The van der Waals surface area contributed by atoms with Crippen LogP contribution in [0.4, 0.5) is 8.78 Å². The number of alkyl halides is 3. The maximum absolute atomic E-state index is 12.6. The summed E-state index contributed by atoms with van der Waals surface area (Å²) in [4.78, 5) is 11.1. The van der Waals surface area contributed by atoms with Crippen LogP contribution < -0.4 is 0 Å². The summed E-state index contributed by atoms with van der Waals surface area (Å²) in [7, 11) is 0. The third kappa shape index (κ3) is 1.76. The Labute approximate surface area is 105 Å². The summed E-state index contributed by atoms with van der Waals surface area (Å²) in [5.74, 6) is -1.18. The van der Waals surface area contributed by atoms with Crippen LogP contribution in [0, 0.1) is 16.7 Å². The molecule has 3 unspecified atom stereocenters. The number of ether oxygens (including phenoxy) is 1. The standard InChI is InChI=1S/C12H17ClF2O2/c1-10(2)7-4-5-11(10,3)8(6-7)17-9(16)12(13,14)15/h7-8H,4-6H2,1-3H3. The van der Waals surface area contributed by atoms with Crippen molar-refractivity contribution in [2.75, 3.05) is 0 Å². The maximum atomic E-state index is 12.6. The second-order valence-electron chi connectivity index (χ2n) is 6.00.